The molecule has 0 atom stereocenters. The molecule has 1 fully saturated rings. The first-order valence-electron chi connectivity index (χ1n) is 5.78. The summed E-state index contributed by atoms with van der Waals surface area (Å²) in [5.41, 5.74) is 0. The van der Waals surface area contributed by atoms with E-state index >= 15 is 0 Å². The van der Waals surface area contributed by atoms with Gasteiger partial charge in [0.25, 0.3) is 0 Å². The largest absolute Gasteiger partial charge is 0.466 e. The summed E-state index contributed by atoms with van der Waals surface area (Å²) < 4.78 is 10.3. The molecule has 1 heterocycles. The smallest absolute Gasteiger partial charge is 0.308 e. The van der Waals surface area contributed by atoms with Crippen LogP contribution in [0.3, 0.4) is 0 Å². The Hall–Kier alpha value is -0.610. The van der Waals surface area contributed by atoms with E-state index in [0.717, 1.165) is 26.0 Å². The Balaban J connectivity index is 1.78. The maximum absolute atomic E-state index is 11.1. The van der Waals surface area contributed by atoms with Crippen LogP contribution in [-0.2, 0) is 14.3 Å². The van der Waals surface area contributed by atoms with E-state index in [4.69, 9.17) is 9.47 Å². The Kier molecular flexibility index (Phi) is 6.36. The lowest BCUT2D eigenvalue weighted by Crippen LogP contribution is -2.13. The van der Waals surface area contributed by atoms with Gasteiger partial charge in [-0.25, -0.2) is 0 Å². The highest BCUT2D eigenvalue weighted by Gasteiger charge is 2.15. The van der Waals surface area contributed by atoms with Crippen molar-refractivity contribution in [1.82, 2.24) is 4.90 Å². The van der Waals surface area contributed by atoms with E-state index in [1.54, 1.807) is 0 Å². The number of carbonyl (C=O) groups is 1. The second-order valence-electron chi connectivity index (χ2n) is 3.78. The molecule has 1 aliphatic rings. The van der Waals surface area contributed by atoms with Gasteiger partial charge >= 0.3 is 5.97 Å². The Labute approximate surface area is 91.5 Å². The summed E-state index contributed by atoms with van der Waals surface area (Å²) in [4.78, 5) is 13.4. The fraction of sp³-hybridized carbons (Fsp3) is 0.909. The molecule has 88 valence electrons. The van der Waals surface area contributed by atoms with Crippen LogP contribution in [0.25, 0.3) is 0 Å². The van der Waals surface area contributed by atoms with Gasteiger partial charge in [0.1, 0.15) is 0 Å². The van der Waals surface area contributed by atoms with E-state index in [1.165, 1.54) is 13.1 Å². The molecule has 0 unspecified atom stereocenters. The van der Waals surface area contributed by atoms with E-state index in [1.807, 2.05) is 0 Å². The summed E-state index contributed by atoms with van der Waals surface area (Å²) in [5, 5.41) is 0. The monoisotopic (exact) mass is 215 g/mol. The standard InChI is InChI=1S/C11H21NO3/c1-2-3-8-15-11(13)4-9-14-10-7-12-5-6-12/h2-10H2,1H3. The third-order valence-corrected chi connectivity index (χ3v) is 2.30. The molecule has 0 bridgehead atoms. The van der Waals surface area contributed by atoms with Gasteiger partial charge in [0.15, 0.2) is 0 Å². The Morgan fingerprint density at radius 3 is 2.73 bits per heavy atom. The Morgan fingerprint density at radius 1 is 1.27 bits per heavy atom. The van der Waals surface area contributed by atoms with Gasteiger partial charge in [0, 0.05) is 19.6 Å². The van der Waals surface area contributed by atoms with Gasteiger partial charge in [-0.2, -0.15) is 0 Å². The number of ether oxygens (including phenoxy) is 2. The second-order valence-corrected chi connectivity index (χ2v) is 3.78. The van der Waals surface area contributed by atoms with Crippen LogP contribution in [0.15, 0.2) is 0 Å². The predicted octanol–water partition coefficient (Wildman–Crippen LogP) is 1.05. The minimum atomic E-state index is -0.143. The molecule has 0 N–H and O–H groups in total. The van der Waals surface area contributed by atoms with E-state index in [-0.39, 0.29) is 5.97 Å². The SMILES string of the molecule is CCCCOC(=O)CCOCCN1CC1. The van der Waals surface area contributed by atoms with Crippen LogP contribution in [0, 0.1) is 0 Å². The highest BCUT2D eigenvalue weighted by atomic mass is 16.5. The van der Waals surface area contributed by atoms with Crippen molar-refractivity contribution in [2.45, 2.75) is 26.2 Å². The topological polar surface area (TPSA) is 38.5 Å². The van der Waals surface area contributed by atoms with Crippen LogP contribution < -0.4 is 0 Å². The number of nitrogens with zero attached hydrogens (tertiary/aromatic N) is 1. The van der Waals surface area contributed by atoms with Gasteiger partial charge in [-0.3, -0.25) is 9.69 Å². The molecule has 0 saturated carbocycles. The molecule has 4 heteroatoms. The number of hydrogen-bond acceptors (Lipinski definition) is 4. The van der Waals surface area contributed by atoms with Crippen LogP contribution in [0.1, 0.15) is 26.2 Å². The lowest BCUT2D eigenvalue weighted by molar-refractivity contribution is -0.144. The van der Waals surface area contributed by atoms with Gasteiger partial charge in [-0.15, -0.1) is 0 Å². The third-order valence-electron chi connectivity index (χ3n) is 2.30. The minimum absolute atomic E-state index is 0.143. The molecule has 15 heavy (non-hydrogen) atoms. The fourth-order valence-electron chi connectivity index (χ4n) is 1.15. The zero-order valence-electron chi connectivity index (χ0n) is 9.54. The summed E-state index contributed by atoms with van der Waals surface area (Å²) in [5.74, 6) is -0.143. The highest BCUT2D eigenvalue weighted by molar-refractivity contribution is 5.69. The molecular weight excluding hydrogens is 194 g/mol. The van der Waals surface area contributed by atoms with Crippen molar-refractivity contribution in [3.05, 3.63) is 0 Å². The number of carbonyl (C=O) groups excluding carboxylic acids is 1. The van der Waals surface area contributed by atoms with Crippen molar-refractivity contribution in [3.8, 4) is 0 Å². The molecule has 0 aliphatic carbocycles. The summed E-state index contributed by atoms with van der Waals surface area (Å²) in [6, 6.07) is 0. The van der Waals surface area contributed by atoms with Crippen molar-refractivity contribution in [1.29, 1.82) is 0 Å². The summed E-state index contributed by atoms with van der Waals surface area (Å²) in [6.45, 7) is 7.21. The van der Waals surface area contributed by atoms with Crippen LogP contribution in [0.4, 0.5) is 0 Å². The van der Waals surface area contributed by atoms with E-state index in [2.05, 4.69) is 11.8 Å². The molecule has 0 radical (unpaired) electrons. The molecular formula is C11H21NO3. The average Bonchev–Trinajstić information content (AvgIpc) is 3.02. The molecule has 1 saturated heterocycles. The lowest BCUT2D eigenvalue weighted by atomic mass is 10.4. The molecule has 0 amide bonds. The summed E-state index contributed by atoms with van der Waals surface area (Å²) >= 11 is 0. The minimum Gasteiger partial charge on any atom is -0.466 e. The molecule has 1 rings (SSSR count). The van der Waals surface area contributed by atoms with Gasteiger partial charge in [-0.1, -0.05) is 13.3 Å². The van der Waals surface area contributed by atoms with Crippen LogP contribution >= 0.6 is 0 Å². The van der Waals surface area contributed by atoms with E-state index < -0.39 is 0 Å². The Bertz CT molecular complexity index is 181. The summed E-state index contributed by atoms with van der Waals surface area (Å²) in [6.07, 6.45) is 2.38. The zero-order valence-corrected chi connectivity index (χ0v) is 9.54. The summed E-state index contributed by atoms with van der Waals surface area (Å²) in [7, 11) is 0. The highest BCUT2D eigenvalue weighted by Crippen LogP contribution is 2.01. The first kappa shape index (κ1) is 12.5. The zero-order chi connectivity index (χ0) is 10.9. The maximum Gasteiger partial charge on any atom is 0.308 e. The third kappa shape index (κ3) is 7.33. The molecule has 0 aromatic heterocycles. The quantitative estimate of drug-likeness (QED) is 0.327. The first-order chi connectivity index (χ1) is 7.33. The van der Waals surface area contributed by atoms with Gasteiger partial charge in [-0.05, 0) is 6.42 Å². The molecule has 0 aromatic carbocycles. The maximum atomic E-state index is 11.1. The van der Waals surface area contributed by atoms with Crippen LogP contribution in [0.5, 0.6) is 0 Å². The Morgan fingerprint density at radius 2 is 2.07 bits per heavy atom. The van der Waals surface area contributed by atoms with Crippen LogP contribution in [0.2, 0.25) is 0 Å². The van der Waals surface area contributed by atoms with Gasteiger partial charge < -0.3 is 9.47 Å². The number of unbranched alkanes of at least 4 members (excludes halogenated alkanes) is 1. The molecule has 1 aliphatic heterocycles. The average molecular weight is 215 g/mol. The van der Waals surface area contributed by atoms with E-state index in [0.29, 0.717) is 19.6 Å². The number of rotatable bonds is 9. The van der Waals surface area contributed by atoms with Crippen molar-refractivity contribution < 1.29 is 14.3 Å². The van der Waals surface area contributed by atoms with Crippen molar-refractivity contribution in [3.63, 3.8) is 0 Å². The van der Waals surface area contributed by atoms with Crippen molar-refractivity contribution >= 4 is 5.97 Å². The van der Waals surface area contributed by atoms with Gasteiger partial charge in [0.2, 0.25) is 0 Å². The number of hydrogen-bond donors (Lipinski definition) is 0. The predicted molar refractivity (Wildman–Crippen MR) is 57.7 cm³/mol. The second kappa shape index (κ2) is 7.65. The van der Waals surface area contributed by atoms with Crippen molar-refractivity contribution in [2.24, 2.45) is 0 Å². The first-order valence-corrected chi connectivity index (χ1v) is 5.78. The molecule has 0 aromatic rings. The van der Waals surface area contributed by atoms with E-state index in [9.17, 15) is 4.79 Å². The fourth-order valence-corrected chi connectivity index (χ4v) is 1.15. The lowest BCUT2D eigenvalue weighted by Gasteiger charge is -2.05. The van der Waals surface area contributed by atoms with Crippen LogP contribution in [-0.4, -0.2) is 50.3 Å². The normalized spacial score (nSPS) is 15.3. The van der Waals surface area contributed by atoms with Crippen molar-refractivity contribution in [2.75, 3.05) is 39.5 Å². The number of esters is 1. The molecule has 4 nitrogen and oxygen atoms in total. The molecule has 0 spiro atoms. The van der Waals surface area contributed by atoms with Gasteiger partial charge in [0.05, 0.1) is 26.2 Å².